The maximum Gasteiger partial charge on any atom is 0.490 e. The van der Waals surface area contributed by atoms with Crippen molar-refractivity contribution in [2.45, 2.75) is 13.1 Å². The third-order valence-corrected chi connectivity index (χ3v) is 0.477. The van der Waals surface area contributed by atoms with Gasteiger partial charge < -0.3 is 9.84 Å². The molecule has 0 saturated heterocycles. The van der Waals surface area contributed by atoms with Crippen LogP contribution in [0.5, 0.6) is 0 Å². The first-order valence-corrected chi connectivity index (χ1v) is 2.71. The molecule has 0 atom stereocenters. The first-order valence-electron chi connectivity index (χ1n) is 2.71. The molecule has 0 radical (unpaired) electrons. The molecule has 1 N–H and O–H groups in total. The minimum Gasteiger partial charge on any atom is -0.475 e. The molecule has 0 aliphatic carbocycles. The van der Waals surface area contributed by atoms with Crippen LogP contribution in [0.4, 0.5) is 13.2 Å². The molecule has 0 rings (SSSR count). The summed E-state index contributed by atoms with van der Waals surface area (Å²) in [5.74, 6) is -2.76. The number of rotatable bonds is 2. The Kier molecular flexibility index (Phi) is 7.15. The summed E-state index contributed by atoms with van der Waals surface area (Å²) in [5, 5.41) is 7.12. The maximum absolute atomic E-state index is 10.6. The Labute approximate surface area is 65.9 Å². The predicted molar refractivity (Wildman–Crippen MR) is 31.4 cm³/mol. The lowest BCUT2D eigenvalue weighted by Gasteiger charge is -1.93. The minimum atomic E-state index is -5.08. The molecular formula is C5H7F3O4. The van der Waals surface area contributed by atoms with E-state index in [9.17, 15) is 18.0 Å². The zero-order chi connectivity index (χ0) is 10.2. The number of halogens is 3. The van der Waals surface area contributed by atoms with E-state index < -0.39 is 12.1 Å². The van der Waals surface area contributed by atoms with Crippen LogP contribution in [0.25, 0.3) is 0 Å². The number of carbonyl (C=O) groups excluding carboxylic acids is 1. The topological polar surface area (TPSA) is 63.6 Å². The highest BCUT2D eigenvalue weighted by Gasteiger charge is 2.38. The first-order chi connectivity index (χ1) is 5.36. The summed E-state index contributed by atoms with van der Waals surface area (Å²) in [6.07, 6.45) is -5.08. The smallest absolute Gasteiger partial charge is 0.475 e. The summed E-state index contributed by atoms with van der Waals surface area (Å²) in [6, 6.07) is 0. The van der Waals surface area contributed by atoms with Crippen molar-refractivity contribution in [3.63, 3.8) is 0 Å². The first kappa shape index (κ1) is 13.3. The van der Waals surface area contributed by atoms with E-state index in [1.807, 2.05) is 0 Å². The highest BCUT2D eigenvalue weighted by atomic mass is 19.4. The van der Waals surface area contributed by atoms with Gasteiger partial charge in [0.25, 0.3) is 6.47 Å². The molecule has 0 fully saturated rings. The van der Waals surface area contributed by atoms with Gasteiger partial charge in [-0.05, 0) is 6.92 Å². The van der Waals surface area contributed by atoms with Crippen LogP contribution in [0.1, 0.15) is 6.92 Å². The van der Waals surface area contributed by atoms with Crippen molar-refractivity contribution in [3.05, 3.63) is 0 Å². The van der Waals surface area contributed by atoms with Gasteiger partial charge in [-0.3, -0.25) is 4.79 Å². The van der Waals surface area contributed by atoms with Gasteiger partial charge >= 0.3 is 12.1 Å². The molecule has 0 saturated carbocycles. The molecule has 0 amide bonds. The van der Waals surface area contributed by atoms with Crippen LogP contribution in [0.3, 0.4) is 0 Å². The molecule has 72 valence electrons. The van der Waals surface area contributed by atoms with Crippen LogP contribution in [0.2, 0.25) is 0 Å². The molecule has 0 aromatic heterocycles. The molecule has 0 heterocycles. The van der Waals surface area contributed by atoms with Crippen LogP contribution >= 0.6 is 0 Å². The Hall–Kier alpha value is -1.27. The van der Waals surface area contributed by atoms with Gasteiger partial charge in [-0.1, -0.05) is 0 Å². The lowest BCUT2D eigenvalue weighted by Crippen LogP contribution is -2.21. The van der Waals surface area contributed by atoms with Gasteiger partial charge in [0.15, 0.2) is 0 Å². The number of carbonyl (C=O) groups is 2. The number of hydrogen-bond acceptors (Lipinski definition) is 3. The van der Waals surface area contributed by atoms with E-state index in [0.29, 0.717) is 13.1 Å². The van der Waals surface area contributed by atoms with Crippen molar-refractivity contribution in [1.82, 2.24) is 0 Å². The molecule has 0 aromatic carbocycles. The van der Waals surface area contributed by atoms with E-state index in [1.165, 1.54) is 0 Å². The van der Waals surface area contributed by atoms with Crippen molar-refractivity contribution < 1.29 is 32.6 Å². The van der Waals surface area contributed by atoms with Crippen LogP contribution in [0.15, 0.2) is 0 Å². The summed E-state index contributed by atoms with van der Waals surface area (Å²) in [6.45, 7) is 2.66. The van der Waals surface area contributed by atoms with Crippen molar-refractivity contribution in [2.24, 2.45) is 0 Å². The van der Waals surface area contributed by atoms with Gasteiger partial charge in [0.1, 0.15) is 0 Å². The quantitative estimate of drug-likeness (QED) is 0.651. The Balaban J connectivity index is 0. The highest BCUT2D eigenvalue weighted by molar-refractivity contribution is 5.73. The lowest BCUT2D eigenvalue weighted by molar-refractivity contribution is -0.192. The van der Waals surface area contributed by atoms with E-state index in [4.69, 9.17) is 9.90 Å². The number of carboxylic acids is 1. The number of hydrogen-bond donors (Lipinski definition) is 1. The normalized spacial score (nSPS) is 9.33. The summed E-state index contributed by atoms with van der Waals surface area (Å²) < 4.78 is 35.9. The number of aliphatic carboxylic acids is 1. The second kappa shape index (κ2) is 6.44. The second-order valence-corrected chi connectivity index (χ2v) is 1.35. The van der Waals surface area contributed by atoms with Crippen LogP contribution in [-0.4, -0.2) is 30.3 Å². The average Bonchev–Trinajstić information content (AvgIpc) is 1.88. The molecule has 4 nitrogen and oxygen atoms in total. The lowest BCUT2D eigenvalue weighted by atomic mass is 10.7. The fourth-order valence-electron chi connectivity index (χ4n) is 0.0680. The third-order valence-electron chi connectivity index (χ3n) is 0.477. The monoisotopic (exact) mass is 188 g/mol. The molecule has 0 aliphatic heterocycles. The third kappa shape index (κ3) is 11.5. The Morgan fingerprint density at radius 1 is 1.58 bits per heavy atom. The van der Waals surface area contributed by atoms with E-state index in [1.54, 1.807) is 6.92 Å². The maximum atomic E-state index is 10.6. The minimum absolute atomic E-state index is 0.431. The standard InChI is InChI=1S/C3H6O2.C2HF3O2/c1-2-5-3-4;3-2(4,5)1(6)7/h3H,2H2,1H3;(H,6,7). The van der Waals surface area contributed by atoms with Crippen molar-refractivity contribution in [3.8, 4) is 0 Å². The zero-order valence-electron chi connectivity index (χ0n) is 6.09. The second-order valence-electron chi connectivity index (χ2n) is 1.35. The van der Waals surface area contributed by atoms with Crippen molar-refractivity contribution in [1.29, 1.82) is 0 Å². The summed E-state index contributed by atoms with van der Waals surface area (Å²) in [5.41, 5.74) is 0. The van der Waals surface area contributed by atoms with Gasteiger partial charge in [-0.15, -0.1) is 0 Å². The Morgan fingerprint density at radius 2 is 1.92 bits per heavy atom. The van der Waals surface area contributed by atoms with E-state index in [0.717, 1.165) is 0 Å². The van der Waals surface area contributed by atoms with Crippen LogP contribution in [-0.2, 0) is 14.3 Å². The molecule has 0 aromatic rings. The molecule has 12 heavy (non-hydrogen) atoms. The highest BCUT2D eigenvalue weighted by Crippen LogP contribution is 2.13. The summed E-state index contributed by atoms with van der Waals surface area (Å²) in [4.78, 5) is 18.1. The van der Waals surface area contributed by atoms with E-state index >= 15 is 0 Å². The van der Waals surface area contributed by atoms with Gasteiger partial charge in [-0.25, -0.2) is 4.79 Å². The van der Waals surface area contributed by atoms with Crippen LogP contribution < -0.4 is 0 Å². The largest absolute Gasteiger partial charge is 0.490 e. The van der Waals surface area contributed by atoms with E-state index in [2.05, 4.69) is 4.74 Å². The number of ether oxygens (including phenoxy) is 1. The van der Waals surface area contributed by atoms with Crippen molar-refractivity contribution in [2.75, 3.05) is 6.61 Å². The van der Waals surface area contributed by atoms with Crippen molar-refractivity contribution >= 4 is 12.4 Å². The SMILES string of the molecule is CCOC=O.O=C(O)C(F)(F)F. The number of carboxylic acid groups (broad SMARTS) is 1. The van der Waals surface area contributed by atoms with Gasteiger partial charge in [0.05, 0.1) is 6.61 Å². The molecular weight excluding hydrogens is 181 g/mol. The molecule has 7 heteroatoms. The Bertz CT molecular complexity index is 142. The molecule has 0 unspecified atom stereocenters. The van der Waals surface area contributed by atoms with Crippen LogP contribution in [0, 0.1) is 0 Å². The fourth-order valence-corrected chi connectivity index (χ4v) is 0.0680. The van der Waals surface area contributed by atoms with E-state index in [-0.39, 0.29) is 0 Å². The van der Waals surface area contributed by atoms with Gasteiger partial charge in [0.2, 0.25) is 0 Å². The Morgan fingerprint density at radius 3 is 1.92 bits per heavy atom. The molecule has 0 bridgehead atoms. The molecule has 0 aliphatic rings. The average molecular weight is 188 g/mol. The molecule has 0 spiro atoms. The summed E-state index contributed by atoms with van der Waals surface area (Å²) >= 11 is 0. The van der Waals surface area contributed by atoms with Gasteiger partial charge in [-0.2, -0.15) is 13.2 Å². The fraction of sp³-hybridized carbons (Fsp3) is 0.600. The summed E-state index contributed by atoms with van der Waals surface area (Å²) in [7, 11) is 0. The number of alkyl halides is 3. The van der Waals surface area contributed by atoms with Gasteiger partial charge in [0, 0.05) is 0 Å². The predicted octanol–water partition coefficient (Wildman–Crippen LogP) is 0.813. The zero-order valence-corrected chi connectivity index (χ0v) is 6.09.